The van der Waals surface area contributed by atoms with E-state index in [1.165, 1.54) is 0 Å². The van der Waals surface area contributed by atoms with Crippen molar-refractivity contribution >= 4 is 11.9 Å². The van der Waals surface area contributed by atoms with E-state index in [-0.39, 0.29) is 23.8 Å². The Morgan fingerprint density at radius 2 is 2.16 bits per heavy atom. The van der Waals surface area contributed by atoms with Crippen molar-refractivity contribution in [2.24, 2.45) is 5.41 Å². The molecule has 2 heterocycles. The summed E-state index contributed by atoms with van der Waals surface area (Å²) in [5, 5.41) is 21.8. The fourth-order valence-electron chi connectivity index (χ4n) is 3.10. The fourth-order valence-corrected chi connectivity index (χ4v) is 3.10. The quantitative estimate of drug-likeness (QED) is 0.679. The number of hydrogen-bond acceptors (Lipinski definition) is 4. The average Bonchev–Trinajstić information content (AvgIpc) is 2.56. The summed E-state index contributed by atoms with van der Waals surface area (Å²) in [4.78, 5) is 24.5. The highest BCUT2D eigenvalue weighted by molar-refractivity contribution is 5.79. The Kier molecular flexibility index (Phi) is 3.35. The lowest BCUT2D eigenvalue weighted by Crippen LogP contribution is -2.69. The van der Waals surface area contributed by atoms with E-state index in [4.69, 9.17) is 5.11 Å². The summed E-state index contributed by atoms with van der Waals surface area (Å²) in [5.41, 5.74) is -0.675. The lowest BCUT2D eigenvalue weighted by Gasteiger charge is -2.52. The number of carbonyl (C=O) groups excluding carboxylic acids is 1. The molecule has 2 aliphatic heterocycles. The van der Waals surface area contributed by atoms with Gasteiger partial charge in [-0.15, -0.1) is 0 Å². The molecule has 6 nitrogen and oxygen atoms in total. The van der Waals surface area contributed by atoms with Gasteiger partial charge in [0.25, 0.3) is 0 Å². The van der Waals surface area contributed by atoms with E-state index in [9.17, 15) is 14.7 Å². The van der Waals surface area contributed by atoms with Gasteiger partial charge < -0.3 is 15.1 Å². The molecule has 108 valence electrons. The Morgan fingerprint density at radius 3 is 2.74 bits per heavy atom. The zero-order valence-electron chi connectivity index (χ0n) is 11.6. The van der Waals surface area contributed by atoms with Crippen molar-refractivity contribution < 1.29 is 19.8 Å². The number of nitrogens with one attached hydrogen (secondary N) is 1. The second kappa shape index (κ2) is 4.45. The highest BCUT2D eigenvalue weighted by Crippen LogP contribution is 2.39. The van der Waals surface area contributed by atoms with Crippen LogP contribution >= 0.6 is 0 Å². The van der Waals surface area contributed by atoms with Crippen LogP contribution in [0.15, 0.2) is 0 Å². The minimum atomic E-state index is -1.37. The van der Waals surface area contributed by atoms with Gasteiger partial charge in [-0.25, -0.2) is 4.79 Å². The zero-order valence-corrected chi connectivity index (χ0v) is 11.6. The number of carbonyl (C=O) groups is 2. The maximum atomic E-state index is 11.9. The van der Waals surface area contributed by atoms with E-state index in [0.29, 0.717) is 13.0 Å². The van der Waals surface area contributed by atoms with Crippen LogP contribution in [0, 0.1) is 5.41 Å². The van der Waals surface area contributed by atoms with Crippen LogP contribution in [-0.4, -0.2) is 51.3 Å². The Balaban J connectivity index is 2.17. The van der Waals surface area contributed by atoms with Gasteiger partial charge in [-0.2, -0.15) is 0 Å². The molecule has 3 atom stereocenters. The number of rotatable bonds is 3. The molecule has 2 aliphatic rings. The molecule has 3 N–H and O–H groups in total. The molecule has 2 rings (SSSR count). The first-order chi connectivity index (χ1) is 8.66. The number of aliphatic hydroxyl groups is 1. The van der Waals surface area contributed by atoms with Gasteiger partial charge in [0.2, 0.25) is 5.91 Å². The zero-order chi connectivity index (χ0) is 14.4. The summed E-state index contributed by atoms with van der Waals surface area (Å²) in [6.45, 7) is 6.54. The third kappa shape index (κ3) is 2.47. The van der Waals surface area contributed by atoms with Gasteiger partial charge in [0.1, 0.15) is 0 Å². The number of amides is 1. The molecule has 0 saturated carbocycles. The van der Waals surface area contributed by atoms with Crippen LogP contribution in [0.25, 0.3) is 0 Å². The van der Waals surface area contributed by atoms with Gasteiger partial charge in [-0.1, -0.05) is 13.8 Å². The van der Waals surface area contributed by atoms with E-state index < -0.39 is 17.7 Å². The van der Waals surface area contributed by atoms with Crippen LogP contribution in [-0.2, 0) is 9.59 Å². The van der Waals surface area contributed by atoms with Crippen LogP contribution in [0.4, 0.5) is 0 Å². The van der Waals surface area contributed by atoms with Gasteiger partial charge in [0, 0.05) is 25.4 Å². The second-order valence-corrected chi connectivity index (χ2v) is 6.53. The third-order valence-electron chi connectivity index (χ3n) is 4.46. The molecule has 19 heavy (non-hydrogen) atoms. The standard InChI is InChI=1S/C13H22N2O4/c1-12(2)7-15-10(17)4-5-13(15,3)14-9(12)6-8(16)11(18)19/h8-9,14,16H,4-7H2,1-3H3,(H,18,19)/t8-,9?,13?/m1/s1. The minimum absolute atomic E-state index is 0.134. The number of carboxylic acid groups (broad SMARTS) is 1. The van der Waals surface area contributed by atoms with Crippen LogP contribution in [0.2, 0.25) is 0 Å². The predicted molar refractivity (Wildman–Crippen MR) is 68.3 cm³/mol. The maximum Gasteiger partial charge on any atom is 0.332 e. The molecule has 0 aromatic heterocycles. The van der Waals surface area contributed by atoms with E-state index in [1.54, 1.807) is 0 Å². The lowest BCUT2D eigenvalue weighted by molar-refractivity contribution is -0.150. The summed E-state index contributed by atoms with van der Waals surface area (Å²) in [6, 6.07) is -0.134. The normalized spacial score (nSPS) is 35.1. The van der Waals surface area contributed by atoms with Crippen molar-refractivity contribution in [1.82, 2.24) is 10.2 Å². The molecular weight excluding hydrogens is 248 g/mol. The Labute approximate surface area is 112 Å². The van der Waals surface area contributed by atoms with Crippen LogP contribution < -0.4 is 5.32 Å². The minimum Gasteiger partial charge on any atom is -0.479 e. The third-order valence-corrected chi connectivity index (χ3v) is 4.46. The molecule has 6 heteroatoms. The van der Waals surface area contributed by atoms with Gasteiger partial charge in [0.15, 0.2) is 6.10 Å². The number of nitrogens with zero attached hydrogens (tertiary/aromatic N) is 1. The predicted octanol–water partition coefficient (Wildman–Crippen LogP) is 0.159. The van der Waals surface area contributed by atoms with Gasteiger partial charge in [0.05, 0.1) is 5.66 Å². The number of aliphatic hydroxyl groups excluding tert-OH is 1. The second-order valence-electron chi connectivity index (χ2n) is 6.53. The van der Waals surface area contributed by atoms with E-state index in [2.05, 4.69) is 5.32 Å². The largest absolute Gasteiger partial charge is 0.479 e. The Hall–Kier alpha value is -1.14. The number of aliphatic carboxylic acids is 1. The van der Waals surface area contributed by atoms with Crippen LogP contribution in [0.1, 0.15) is 40.0 Å². The first kappa shape index (κ1) is 14.3. The molecule has 0 aromatic rings. The molecule has 0 bridgehead atoms. The maximum absolute atomic E-state index is 11.9. The molecule has 0 aromatic carbocycles. The monoisotopic (exact) mass is 270 g/mol. The SMILES string of the molecule is CC1(C)CN2C(=O)CCC2(C)NC1C[C@@H](O)C(=O)O. The van der Waals surface area contributed by atoms with Crippen molar-refractivity contribution in [1.29, 1.82) is 0 Å². The van der Waals surface area contributed by atoms with E-state index >= 15 is 0 Å². The van der Waals surface area contributed by atoms with Gasteiger partial charge >= 0.3 is 5.97 Å². The topological polar surface area (TPSA) is 89.9 Å². The van der Waals surface area contributed by atoms with Crippen molar-refractivity contribution in [3.8, 4) is 0 Å². The lowest BCUT2D eigenvalue weighted by atomic mass is 9.77. The van der Waals surface area contributed by atoms with Gasteiger partial charge in [-0.05, 0) is 18.8 Å². The number of hydrogen-bond donors (Lipinski definition) is 3. The first-order valence-electron chi connectivity index (χ1n) is 6.65. The fraction of sp³-hybridized carbons (Fsp3) is 0.846. The Bertz CT molecular complexity index is 409. The molecule has 0 spiro atoms. The molecular formula is C13H22N2O4. The molecule has 2 saturated heterocycles. The van der Waals surface area contributed by atoms with Crippen LogP contribution in [0.3, 0.4) is 0 Å². The number of fused-ring (bicyclic) bond motifs is 1. The average molecular weight is 270 g/mol. The molecule has 2 fully saturated rings. The van der Waals surface area contributed by atoms with Crippen molar-refractivity contribution in [3.63, 3.8) is 0 Å². The Morgan fingerprint density at radius 1 is 1.53 bits per heavy atom. The highest BCUT2D eigenvalue weighted by atomic mass is 16.4. The van der Waals surface area contributed by atoms with Crippen molar-refractivity contribution in [2.75, 3.05) is 6.54 Å². The van der Waals surface area contributed by atoms with Crippen molar-refractivity contribution in [3.05, 3.63) is 0 Å². The van der Waals surface area contributed by atoms with Crippen molar-refractivity contribution in [2.45, 2.75) is 57.8 Å². The molecule has 1 amide bonds. The summed E-state index contributed by atoms with van der Waals surface area (Å²) in [7, 11) is 0. The summed E-state index contributed by atoms with van der Waals surface area (Å²) < 4.78 is 0. The first-order valence-corrected chi connectivity index (χ1v) is 6.65. The van der Waals surface area contributed by atoms with Gasteiger partial charge in [-0.3, -0.25) is 10.1 Å². The summed E-state index contributed by atoms with van der Waals surface area (Å²) in [5.74, 6) is -1.06. The van der Waals surface area contributed by atoms with E-state index in [0.717, 1.165) is 6.42 Å². The summed E-state index contributed by atoms with van der Waals surface area (Å²) >= 11 is 0. The van der Waals surface area contributed by atoms with E-state index in [1.807, 2.05) is 25.7 Å². The highest BCUT2D eigenvalue weighted by Gasteiger charge is 2.51. The molecule has 0 radical (unpaired) electrons. The number of carboxylic acids is 1. The smallest absolute Gasteiger partial charge is 0.332 e. The van der Waals surface area contributed by atoms with Crippen LogP contribution in [0.5, 0.6) is 0 Å². The summed E-state index contributed by atoms with van der Waals surface area (Å²) in [6.07, 6.45) is 0.0269. The molecule has 0 aliphatic carbocycles. The molecule has 2 unspecified atom stereocenters.